The minimum Gasteiger partial charge on any atom is -0.478 e. The van der Waals surface area contributed by atoms with Crippen molar-refractivity contribution in [1.29, 1.82) is 0 Å². The first-order valence-electron chi connectivity index (χ1n) is 5.61. The Labute approximate surface area is 130 Å². The van der Waals surface area contributed by atoms with E-state index in [2.05, 4.69) is 0 Å². The third-order valence-corrected chi connectivity index (χ3v) is 5.02. The Morgan fingerprint density at radius 3 is 2.43 bits per heavy atom. The fraction of sp³-hybridized carbons (Fsp3) is 0. The fourth-order valence-electron chi connectivity index (χ4n) is 1.64. The summed E-state index contributed by atoms with van der Waals surface area (Å²) in [6, 6.07) is 10.5. The van der Waals surface area contributed by atoms with Crippen LogP contribution in [0.15, 0.2) is 57.2 Å². The van der Waals surface area contributed by atoms with Gasteiger partial charge in [-0.2, -0.15) is 0 Å². The van der Waals surface area contributed by atoms with Crippen molar-refractivity contribution in [2.45, 2.75) is 14.7 Å². The van der Waals surface area contributed by atoms with Crippen LogP contribution >= 0.6 is 23.4 Å². The molecule has 0 aliphatic rings. The number of carboxylic acid groups (broad SMARTS) is 1. The molecule has 0 aliphatic carbocycles. The molecule has 2 aromatic carbocycles. The van der Waals surface area contributed by atoms with E-state index in [9.17, 15) is 13.2 Å². The van der Waals surface area contributed by atoms with Crippen molar-refractivity contribution in [3.8, 4) is 0 Å². The number of halogens is 1. The lowest BCUT2D eigenvalue weighted by molar-refractivity contribution is 0.0693. The maximum atomic E-state index is 11.6. The van der Waals surface area contributed by atoms with Crippen LogP contribution in [0.25, 0.3) is 0 Å². The zero-order chi connectivity index (χ0) is 15.6. The number of hydrogen-bond donors (Lipinski definition) is 2. The van der Waals surface area contributed by atoms with Crippen molar-refractivity contribution in [3.63, 3.8) is 0 Å². The first-order valence-corrected chi connectivity index (χ1v) is 8.35. The molecule has 0 amide bonds. The average Bonchev–Trinajstić information content (AvgIpc) is 2.40. The molecule has 0 radical (unpaired) electrons. The summed E-state index contributed by atoms with van der Waals surface area (Å²) < 4.78 is 23.2. The Kier molecular flexibility index (Phi) is 4.58. The van der Waals surface area contributed by atoms with Gasteiger partial charge in [0.25, 0.3) is 0 Å². The molecule has 0 aromatic heterocycles. The number of sulfonamides is 1. The van der Waals surface area contributed by atoms with Gasteiger partial charge in [0.1, 0.15) is 0 Å². The van der Waals surface area contributed by atoms with Crippen LogP contribution in [0.5, 0.6) is 0 Å². The third-order valence-electron chi connectivity index (χ3n) is 2.55. The van der Waals surface area contributed by atoms with Gasteiger partial charge in [-0.05, 0) is 30.3 Å². The van der Waals surface area contributed by atoms with E-state index in [4.69, 9.17) is 21.8 Å². The molecular weight excluding hydrogens is 334 g/mol. The number of rotatable bonds is 4. The van der Waals surface area contributed by atoms with Crippen LogP contribution in [0.3, 0.4) is 0 Å². The Morgan fingerprint density at radius 1 is 1.14 bits per heavy atom. The van der Waals surface area contributed by atoms with Crippen molar-refractivity contribution in [3.05, 3.63) is 53.1 Å². The van der Waals surface area contributed by atoms with Crippen molar-refractivity contribution in [1.82, 2.24) is 0 Å². The minimum absolute atomic E-state index is 0.0813. The molecule has 0 atom stereocenters. The molecule has 0 unspecified atom stereocenters. The maximum absolute atomic E-state index is 11.6. The molecule has 0 spiro atoms. The SMILES string of the molecule is NS(=O)(=O)c1cc(Cl)ccc1Sc1ccccc1C(=O)O. The van der Waals surface area contributed by atoms with Crippen LogP contribution in [0.1, 0.15) is 10.4 Å². The van der Waals surface area contributed by atoms with Gasteiger partial charge in [-0.3, -0.25) is 0 Å². The zero-order valence-corrected chi connectivity index (χ0v) is 12.9. The number of carbonyl (C=O) groups is 1. The third kappa shape index (κ3) is 3.76. The van der Waals surface area contributed by atoms with Crippen LogP contribution in [0.2, 0.25) is 5.02 Å². The predicted molar refractivity (Wildman–Crippen MR) is 80.3 cm³/mol. The first-order chi connectivity index (χ1) is 9.79. The summed E-state index contributed by atoms with van der Waals surface area (Å²) in [5.41, 5.74) is 0.0813. The van der Waals surface area contributed by atoms with Gasteiger partial charge in [-0.15, -0.1) is 0 Å². The average molecular weight is 344 g/mol. The number of carboxylic acids is 1. The zero-order valence-electron chi connectivity index (χ0n) is 10.5. The number of hydrogen-bond acceptors (Lipinski definition) is 4. The minimum atomic E-state index is -3.96. The van der Waals surface area contributed by atoms with Gasteiger partial charge in [-0.1, -0.05) is 35.5 Å². The van der Waals surface area contributed by atoms with Gasteiger partial charge in [0, 0.05) is 14.8 Å². The van der Waals surface area contributed by atoms with E-state index in [1.54, 1.807) is 18.2 Å². The molecule has 0 heterocycles. The van der Waals surface area contributed by atoms with Gasteiger partial charge in [0.2, 0.25) is 10.0 Å². The van der Waals surface area contributed by atoms with Crippen molar-refractivity contribution < 1.29 is 18.3 Å². The van der Waals surface area contributed by atoms with Gasteiger partial charge in [-0.25, -0.2) is 18.4 Å². The van der Waals surface area contributed by atoms with Crippen molar-refractivity contribution >= 4 is 39.4 Å². The first kappa shape index (κ1) is 15.8. The highest BCUT2D eigenvalue weighted by atomic mass is 35.5. The lowest BCUT2D eigenvalue weighted by Gasteiger charge is -2.09. The molecule has 2 aromatic rings. The van der Waals surface area contributed by atoms with Crippen LogP contribution in [-0.4, -0.2) is 19.5 Å². The lowest BCUT2D eigenvalue weighted by atomic mass is 10.2. The van der Waals surface area contributed by atoms with Crippen LogP contribution in [0, 0.1) is 0 Å². The van der Waals surface area contributed by atoms with E-state index in [-0.39, 0.29) is 15.5 Å². The Morgan fingerprint density at radius 2 is 1.81 bits per heavy atom. The summed E-state index contributed by atoms with van der Waals surface area (Å²) >= 11 is 6.79. The van der Waals surface area contributed by atoms with Crippen molar-refractivity contribution in [2.75, 3.05) is 0 Å². The normalized spacial score (nSPS) is 11.3. The largest absolute Gasteiger partial charge is 0.478 e. The van der Waals surface area contributed by atoms with E-state index in [0.717, 1.165) is 11.8 Å². The summed E-state index contributed by atoms with van der Waals surface area (Å²) in [7, 11) is -3.96. The molecule has 0 saturated carbocycles. The van der Waals surface area contributed by atoms with E-state index in [1.807, 2.05) is 0 Å². The lowest BCUT2D eigenvalue weighted by Crippen LogP contribution is -2.13. The van der Waals surface area contributed by atoms with E-state index in [0.29, 0.717) is 9.79 Å². The molecule has 0 saturated heterocycles. The summed E-state index contributed by atoms with van der Waals surface area (Å²) in [5.74, 6) is -1.09. The molecule has 0 aliphatic heterocycles. The van der Waals surface area contributed by atoms with Crippen molar-refractivity contribution in [2.24, 2.45) is 5.14 Å². The van der Waals surface area contributed by atoms with Crippen LogP contribution in [0.4, 0.5) is 0 Å². The number of nitrogens with two attached hydrogens (primary N) is 1. The number of benzene rings is 2. The molecule has 8 heteroatoms. The summed E-state index contributed by atoms with van der Waals surface area (Å²) in [6.45, 7) is 0. The molecule has 0 fully saturated rings. The van der Waals surface area contributed by atoms with Gasteiger partial charge >= 0.3 is 5.97 Å². The molecule has 5 nitrogen and oxygen atoms in total. The molecule has 2 rings (SSSR count). The number of aromatic carboxylic acids is 1. The van der Waals surface area contributed by atoms with Gasteiger partial charge in [0.15, 0.2) is 0 Å². The molecule has 0 bridgehead atoms. The second-order valence-electron chi connectivity index (χ2n) is 4.04. The molecule has 110 valence electrons. The topological polar surface area (TPSA) is 97.5 Å². The Balaban J connectivity index is 2.53. The van der Waals surface area contributed by atoms with E-state index >= 15 is 0 Å². The number of primary sulfonamides is 1. The summed E-state index contributed by atoms with van der Waals surface area (Å²) in [6.07, 6.45) is 0. The molecule has 21 heavy (non-hydrogen) atoms. The highest BCUT2D eigenvalue weighted by molar-refractivity contribution is 8.00. The second kappa shape index (κ2) is 6.07. The Bertz CT molecular complexity index is 806. The van der Waals surface area contributed by atoms with Gasteiger partial charge < -0.3 is 5.11 Å². The second-order valence-corrected chi connectivity index (χ2v) is 7.09. The smallest absolute Gasteiger partial charge is 0.336 e. The van der Waals surface area contributed by atoms with Crippen LogP contribution < -0.4 is 5.14 Å². The van der Waals surface area contributed by atoms with E-state index in [1.165, 1.54) is 24.3 Å². The van der Waals surface area contributed by atoms with Crippen LogP contribution in [-0.2, 0) is 10.0 Å². The Hall–Kier alpha value is -1.54. The maximum Gasteiger partial charge on any atom is 0.336 e. The van der Waals surface area contributed by atoms with Gasteiger partial charge in [0.05, 0.1) is 10.5 Å². The predicted octanol–water partition coefficient (Wildman–Crippen LogP) is 2.84. The standard InChI is InChI=1S/C13H10ClNO4S2/c14-8-5-6-11(12(7-8)21(15,18)19)20-10-4-2-1-3-9(10)13(16)17/h1-7H,(H,16,17)(H2,15,18,19). The molecule has 3 N–H and O–H groups in total. The highest BCUT2D eigenvalue weighted by Crippen LogP contribution is 2.35. The monoisotopic (exact) mass is 343 g/mol. The molecular formula is C13H10ClNO4S2. The summed E-state index contributed by atoms with van der Waals surface area (Å²) in [5, 5.41) is 14.5. The summed E-state index contributed by atoms with van der Waals surface area (Å²) in [4.78, 5) is 11.8. The quantitative estimate of drug-likeness (QED) is 0.889. The highest BCUT2D eigenvalue weighted by Gasteiger charge is 2.18. The fourth-order valence-corrected chi connectivity index (χ4v) is 3.93. The van der Waals surface area contributed by atoms with E-state index < -0.39 is 16.0 Å².